The Labute approximate surface area is 66.7 Å². The van der Waals surface area contributed by atoms with Crippen LogP contribution in [-0.2, 0) is 9.59 Å². The first-order valence-corrected chi connectivity index (χ1v) is 3.58. The first-order chi connectivity index (χ1) is 5.26. The van der Waals surface area contributed by atoms with E-state index in [1.54, 1.807) is 13.0 Å². The van der Waals surface area contributed by atoms with Crippen LogP contribution in [0.15, 0.2) is 12.7 Å². The van der Waals surface area contributed by atoms with Crippen molar-refractivity contribution in [3.05, 3.63) is 12.7 Å². The monoisotopic (exact) mass is 155 g/mol. The van der Waals surface area contributed by atoms with Gasteiger partial charge in [-0.25, -0.2) is 0 Å². The van der Waals surface area contributed by atoms with Crippen molar-refractivity contribution in [2.45, 2.75) is 13.3 Å². The van der Waals surface area contributed by atoms with Crippen LogP contribution >= 0.6 is 0 Å². The predicted octanol–water partition coefficient (Wildman–Crippen LogP) is 0.610. The Morgan fingerprint density at radius 3 is 2.55 bits per heavy atom. The zero-order chi connectivity index (χ0) is 8.69. The van der Waals surface area contributed by atoms with E-state index in [2.05, 4.69) is 6.58 Å². The summed E-state index contributed by atoms with van der Waals surface area (Å²) in [6, 6.07) is 0. The zero-order valence-electron chi connectivity index (χ0n) is 6.75. The Morgan fingerprint density at radius 2 is 2.18 bits per heavy atom. The minimum Gasteiger partial charge on any atom is -0.332 e. The van der Waals surface area contributed by atoms with Crippen LogP contribution in [0.4, 0.5) is 0 Å². The zero-order valence-corrected chi connectivity index (χ0v) is 6.75. The Hall–Kier alpha value is -1.12. The van der Waals surface area contributed by atoms with Crippen LogP contribution in [-0.4, -0.2) is 30.2 Å². The molecule has 1 amide bonds. The summed E-state index contributed by atoms with van der Waals surface area (Å²) in [5, 5.41) is 0. The van der Waals surface area contributed by atoms with Crippen LogP contribution in [0.2, 0.25) is 0 Å². The summed E-state index contributed by atoms with van der Waals surface area (Å²) in [5.74, 6) is -0.0167. The number of carbonyl (C=O) groups is 2. The van der Waals surface area contributed by atoms with Gasteiger partial charge in [0.2, 0.25) is 5.91 Å². The number of amides is 1. The SMILES string of the molecule is C=CCN(CC=O)C(=O)CC. The Morgan fingerprint density at radius 1 is 1.55 bits per heavy atom. The number of carbonyl (C=O) groups excluding carboxylic acids is 2. The molecule has 0 aromatic carbocycles. The lowest BCUT2D eigenvalue weighted by Gasteiger charge is -2.16. The molecule has 0 N–H and O–H groups in total. The number of hydrogen-bond acceptors (Lipinski definition) is 2. The Balaban J connectivity index is 3.95. The molecular weight excluding hydrogens is 142 g/mol. The van der Waals surface area contributed by atoms with Crippen LogP contribution in [0.1, 0.15) is 13.3 Å². The van der Waals surface area contributed by atoms with Crippen LogP contribution in [0.25, 0.3) is 0 Å². The van der Waals surface area contributed by atoms with E-state index >= 15 is 0 Å². The fraction of sp³-hybridized carbons (Fsp3) is 0.500. The normalized spacial score (nSPS) is 8.82. The second-order valence-electron chi connectivity index (χ2n) is 2.11. The standard InChI is InChI=1S/C8H13NO2/c1-3-5-9(6-7-10)8(11)4-2/h3,7H,1,4-6H2,2H3. The van der Waals surface area contributed by atoms with Crippen LogP contribution < -0.4 is 0 Å². The summed E-state index contributed by atoms with van der Waals surface area (Å²) >= 11 is 0. The van der Waals surface area contributed by atoms with Crippen LogP contribution in [0, 0.1) is 0 Å². The van der Waals surface area contributed by atoms with Gasteiger partial charge in [-0.2, -0.15) is 0 Å². The lowest BCUT2D eigenvalue weighted by molar-refractivity contribution is -0.132. The summed E-state index contributed by atoms with van der Waals surface area (Å²) in [7, 11) is 0. The molecule has 0 saturated heterocycles. The van der Waals surface area contributed by atoms with Crippen molar-refractivity contribution in [3.8, 4) is 0 Å². The van der Waals surface area contributed by atoms with Crippen molar-refractivity contribution < 1.29 is 9.59 Å². The third-order valence-electron chi connectivity index (χ3n) is 1.30. The molecule has 0 unspecified atom stereocenters. The van der Waals surface area contributed by atoms with Gasteiger partial charge in [0.05, 0.1) is 6.54 Å². The van der Waals surface area contributed by atoms with Crippen molar-refractivity contribution in [1.82, 2.24) is 4.90 Å². The molecule has 0 saturated carbocycles. The van der Waals surface area contributed by atoms with E-state index in [0.717, 1.165) is 6.29 Å². The predicted molar refractivity (Wildman–Crippen MR) is 43.1 cm³/mol. The van der Waals surface area contributed by atoms with Crippen molar-refractivity contribution >= 4 is 12.2 Å². The van der Waals surface area contributed by atoms with Gasteiger partial charge in [-0.15, -0.1) is 6.58 Å². The lowest BCUT2D eigenvalue weighted by Crippen LogP contribution is -2.31. The number of rotatable bonds is 5. The van der Waals surface area contributed by atoms with Crippen LogP contribution in [0.3, 0.4) is 0 Å². The maximum absolute atomic E-state index is 11.0. The highest BCUT2D eigenvalue weighted by Gasteiger charge is 2.07. The lowest BCUT2D eigenvalue weighted by atomic mass is 10.4. The molecule has 11 heavy (non-hydrogen) atoms. The van der Waals surface area contributed by atoms with Gasteiger partial charge in [0.1, 0.15) is 6.29 Å². The fourth-order valence-corrected chi connectivity index (χ4v) is 0.748. The van der Waals surface area contributed by atoms with Crippen molar-refractivity contribution in [2.24, 2.45) is 0 Å². The summed E-state index contributed by atoms with van der Waals surface area (Å²) in [4.78, 5) is 22.6. The first-order valence-electron chi connectivity index (χ1n) is 3.58. The quantitative estimate of drug-likeness (QED) is 0.431. The second kappa shape index (κ2) is 5.65. The molecule has 0 heterocycles. The third-order valence-corrected chi connectivity index (χ3v) is 1.30. The highest BCUT2D eigenvalue weighted by atomic mass is 16.2. The molecule has 62 valence electrons. The van der Waals surface area contributed by atoms with Gasteiger partial charge < -0.3 is 9.69 Å². The van der Waals surface area contributed by atoms with E-state index < -0.39 is 0 Å². The summed E-state index contributed by atoms with van der Waals surface area (Å²) in [6.45, 7) is 5.87. The van der Waals surface area contributed by atoms with Crippen LogP contribution in [0.5, 0.6) is 0 Å². The van der Waals surface area contributed by atoms with Crippen molar-refractivity contribution in [1.29, 1.82) is 0 Å². The highest BCUT2D eigenvalue weighted by molar-refractivity contribution is 5.78. The molecule has 0 spiro atoms. The van der Waals surface area contributed by atoms with Crippen molar-refractivity contribution in [3.63, 3.8) is 0 Å². The molecule has 0 fully saturated rings. The molecule has 0 bridgehead atoms. The van der Waals surface area contributed by atoms with E-state index in [9.17, 15) is 9.59 Å². The summed E-state index contributed by atoms with van der Waals surface area (Å²) in [6.07, 6.45) is 2.76. The summed E-state index contributed by atoms with van der Waals surface area (Å²) < 4.78 is 0. The van der Waals surface area contributed by atoms with Gasteiger partial charge in [0.15, 0.2) is 0 Å². The van der Waals surface area contributed by atoms with E-state index in [1.165, 1.54) is 4.90 Å². The summed E-state index contributed by atoms with van der Waals surface area (Å²) in [5.41, 5.74) is 0. The topological polar surface area (TPSA) is 37.4 Å². The third kappa shape index (κ3) is 3.55. The van der Waals surface area contributed by atoms with Gasteiger partial charge >= 0.3 is 0 Å². The molecule has 0 aromatic rings. The Kier molecular flexibility index (Phi) is 5.07. The highest BCUT2D eigenvalue weighted by Crippen LogP contribution is 1.91. The van der Waals surface area contributed by atoms with E-state index in [0.29, 0.717) is 13.0 Å². The van der Waals surface area contributed by atoms with Gasteiger partial charge in [0.25, 0.3) is 0 Å². The minimum atomic E-state index is -0.0167. The average molecular weight is 155 g/mol. The minimum absolute atomic E-state index is 0.0167. The molecule has 0 aromatic heterocycles. The van der Waals surface area contributed by atoms with Gasteiger partial charge in [-0.05, 0) is 0 Å². The second-order valence-corrected chi connectivity index (χ2v) is 2.11. The Bertz CT molecular complexity index is 144. The van der Waals surface area contributed by atoms with Gasteiger partial charge in [0, 0.05) is 13.0 Å². The molecule has 3 nitrogen and oxygen atoms in total. The molecule has 0 radical (unpaired) electrons. The fourth-order valence-electron chi connectivity index (χ4n) is 0.748. The molecule has 0 aliphatic rings. The number of aldehydes is 1. The number of nitrogens with zero attached hydrogens (tertiary/aromatic N) is 1. The molecule has 3 heteroatoms. The molecule has 0 aliphatic carbocycles. The maximum atomic E-state index is 11.0. The largest absolute Gasteiger partial charge is 0.332 e. The van der Waals surface area contributed by atoms with Gasteiger partial charge in [-0.3, -0.25) is 4.79 Å². The number of hydrogen-bond donors (Lipinski definition) is 0. The van der Waals surface area contributed by atoms with E-state index in [1.807, 2.05) is 0 Å². The molecule has 0 atom stereocenters. The average Bonchev–Trinajstić information content (AvgIpc) is 2.03. The van der Waals surface area contributed by atoms with E-state index in [-0.39, 0.29) is 12.5 Å². The maximum Gasteiger partial charge on any atom is 0.222 e. The van der Waals surface area contributed by atoms with Crippen molar-refractivity contribution in [2.75, 3.05) is 13.1 Å². The first kappa shape index (κ1) is 9.88. The van der Waals surface area contributed by atoms with E-state index in [4.69, 9.17) is 0 Å². The molecular formula is C8H13NO2. The molecule has 0 rings (SSSR count). The van der Waals surface area contributed by atoms with Gasteiger partial charge in [-0.1, -0.05) is 13.0 Å². The smallest absolute Gasteiger partial charge is 0.222 e. The molecule has 0 aliphatic heterocycles.